The minimum absolute atomic E-state index is 0.0633. The number of hydrogen-bond acceptors (Lipinski definition) is 9. The average Bonchev–Trinajstić information content (AvgIpc) is 3.87. The first-order valence-electron chi connectivity index (χ1n) is 18.1. The number of rotatable bonds is 10. The molecule has 2 aliphatic rings. The van der Waals surface area contributed by atoms with Crippen LogP contribution in [0, 0.1) is 0 Å². The molecule has 278 valence electrons. The number of carboxylic acids is 1. The molecule has 8 heterocycles. The molecule has 17 heteroatoms. The van der Waals surface area contributed by atoms with Crippen molar-refractivity contribution in [1.29, 1.82) is 0 Å². The van der Waals surface area contributed by atoms with Crippen molar-refractivity contribution in [3.8, 4) is 0 Å². The van der Waals surface area contributed by atoms with Crippen molar-refractivity contribution in [3.63, 3.8) is 0 Å². The first kappa shape index (κ1) is 34.4. The Hall–Kier alpha value is -6.42. The summed E-state index contributed by atoms with van der Waals surface area (Å²) in [4.78, 5) is 37.2. The van der Waals surface area contributed by atoms with E-state index in [4.69, 9.17) is 21.7 Å². The minimum atomic E-state index is -1.08. The van der Waals surface area contributed by atoms with Crippen LogP contribution in [-0.2, 0) is 6.54 Å². The van der Waals surface area contributed by atoms with E-state index >= 15 is 0 Å². The molecule has 0 aliphatic heterocycles. The number of hydrogen-bond donors (Lipinski definition) is 2. The molecule has 55 heavy (non-hydrogen) atoms. The number of aromatic carboxylic acids is 1. The van der Waals surface area contributed by atoms with E-state index in [1.165, 1.54) is 47.7 Å². The van der Waals surface area contributed by atoms with Crippen LogP contribution in [0.1, 0.15) is 113 Å². The highest BCUT2D eigenvalue weighted by molar-refractivity contribution is 6.30. The predicted molar refractivity (Wildman–Crippen MR) is 200 cm³/mol. The molecule has 8 aromatic rings. The van der Waals surface area contributed by atoms with Gasteiger partial charge in [0.15, 0.2) is 11.4 Å². The summed E-state index contributed by atoms with van der Waals surface area (Å²) in [6.07, 6.45) is 19.9. The van der Waals surface area contributed by atoms with E-state index in [0.29, 0.717) is 16.9 Å². The Morgan fingerprint density at radius 1 is 0.782 bits per heavy atom. The Morgan fingerprint density at radius 3 is 1.89 bits per heavy atom. The van der Waals surface area contributed by atoms with Crippen LogP contribution in [0.5, 0.6) is 0 Å². The second-order valence-corrected chi connectivity index (χ2v) is 14.6. The molecule has 10 rings (SSSR count). The standard InChI is InChI=1S/C23H21ClN8O.C15H15N5O2/c1-14(19-11-31-10-16(15-2-3-15)4-5-22(31)27-19)32-12-20(28-29-32)23(33)25-9-18-21-8-17(24)6-7-30(21)13-26-18;1-9(20-8-13(15(21)22)17-18-20)12-7-19-6-11(10-2-3-10)4-5-14(19)16-12/h4-8,10-15H,2-3,9H2,1H3,(H,25,33);4-10H,2-3H2,1H3,(H,21,22). The number of amides is 1. The van der Waals surface area contributed by atoms with Gasteiger partial charge < -0.3 is 23.6 Å². The number of carbonyl (C=O) groups excluding carboxylic acids is 1. The number of nitrogens with zero attached hydrogens (tertiary/aromatic N) is 12. The largest absolute Gasteiger partial charge is 0.476 e. The topological polar surface area (TPSA) is 180 Å². The third-order valence-corrected chi connectivity index (χ3v) is 10.4. The van der Waals surface area contributed by atoms with Crippen molar-refractivity contribution in [1.82, 2.24) is 63.5 Å². The highest BCUT2D eigenvalue weighted by Crippen LogP contribution is 2.40. The lowest BCUT2D eigenvalue weighted by molar-refractivity contribution is 0.0690. The Balaban J connectivity index is 0.000000157. The van der Waals surface area contributed by atoms with E-state index in [0.717, 1.165) is 33.9 Å². The van der Waals surface area contributed by atoms with E-state index < -0.39 is 5.97 Å². The lowest BCUT2D eigenvalue weighted by Gasteiger charge is -2.07. The molecule has 8 aromatic heterocycles. The number of imidazole rings is 3. The van der Waals surface area contributed by atoms with Crippen molar-refractivity contribution < 1.29 is 14.7 Å². The van der Waals surface area contributed by atoms with Crippen molar-refractivity contribution in [2.75, 3.05) is 0 Å². The van der Waals surface area contributed by atoms with Crippen LogP contribution in [0.3, 0.4) is 0 Å². The molecule has 0 spiro atoms. The third-order valence-electron chi connectivity index (χ3n) is 10.2. The summed E-state index contributed by atoms with van der Waals surface area (Å²) in [5.74, 6) is -0.0180. The Labute approximate surface area is 318 Å². The molecule has 2 N–H and O–H groups in total. The van der Waals surface area contributed by atoms with Gasteiger partial charge in [-0.2, -0.15) is 0 Å². The normalized spacial score (nSPS) is 15.3. The summed E-state index contributed by atoms with van der Waals surface area (Å²) in [6, 6.07) is 11.6. The molecule has 0 radical (unpaired) electrons. The van der Waals surface area contributed by atoms with Gasteiger partial charge in [0.05, 0.1) is 59.9 Å². The maximum absolute atomic E-state index is 12.7. The predicted octanol–water partition coefficient (Wildman–Crippen LogP) is 5.75. The third kappa shape index (κ3) is 7.03. The minimum Gasteiger partial charge on any atom is -0.476 e. The number of carbonyl (C=O) groups is 2. The second kappa shape index (κ2) is 13.8. The fourth-order valence-corrected chi connectivity index (χ4v) is 6.75. The first-order valence-corrected chi connectivity index (χ1v) is 18.5. The smallest absolute Gasteiger partial charge is 0.358 e. The first-order chi connectivity index (χ1) is 26.7. The van der Waals surface area contributed by atoms with Gasteiger partial charge in [0.1, 0.15) is 11.3 Å². The zero-order chi connectivity index (χ0) is 37.8. The molecule has 2 aliphatic carbocycles. The molecule has 0 bridgehead atoms. The van der Waals surface area contributed by atoms with Crippen LogP contribution in [0.4, 0.5) is 0 Å². The number of nitrogens with one attached hydrogen (secondary N) is 1. The second-order valence-electron chi connectivity index (χ2n) is 14.2. The van der Waals surface area contributed by atoms with E-state index in [9.17, 15) is 9.59 Å². The van der Waals surface area contributed by atoms with E-state index in [2.05, 4.69) is 70.9 Å². The van der Waals surface area contributed by atoms with Crippen LogP contribution >= 0.6 is 11.6 Å². The maximum Gasteiger partial charge on any atom is 0.358 e. The van der Waals surface area contributed by atoms with E-state index in [-0.39, 0.29) is 35.9 Å². The van der Waals surface area contributed by atoms with Crippen molar-refractivity contribution in [3.05, 3.63) is 131 Å². The van der Waals surface area contributed by atoms with Crippen molar-refractivity contribution >= 4 is 40.3 Å². The summed E-state index contributed by atoms with van der Waals surface area (Å²) in [5.41, 5.74) is 7.91. The SMILES string of the molecule is CC(c1cn2cc(C3CC3)ccc2n1)n1cc(C(=O)NCc2ncn3ccc(Cl)cc23)nn1.CC(c1cn2cc(C3CC3)ccc2n1)n1cc(C(=O)O)nn1. The highest BCUT2D eigenvalue weighted by atomic mass is 35.5. The molecule has 0 saturated heterocycles. The van der Waals surface area contributed by atoms with Gasteiger partial charge >= 0.3 is 5.97 Å². The van der Waals surface area contributed by atoms with Crippen LogP contribution in [0.25, 0.3) is 16.8 Å². The molecule has 1 amide bonds. The van der Waals surface area contributed by atoms with Gasteiger partial charge in [-0.05, 0) is 86.8 Å². The van der Waals surface area contributed by atoms with Crippen molar-refractivity contribution in [2.24, 2.45) is 0 Å². The molecule has 0 aromatic carbocycles. The Morgan fingerprint density at radius 2 is 1.35 bits per heavy atom. The number of pyridine rings is 3. The molecular formula is C38H36ClN13O3. The van der Waals surface area contributed by atoms with Gasteiger partial charge in [0.2, 0.25) is 0 Å². The number of fused-ring (bicyclic) bond motifs is 3. The van der Waals surface area contributed by atoms with Gasteiger partial charge in [0, 0.05) is 36.0 Å². The lowest BCUT2D eigenvalue weighted by atomic mass is 10.2. The van der Waals surface area contributed by atoms with Gasteiger partial charge in [-0.25, -0.2) is 29.1 Å². The summed E-state index contributed by atoms with van der Waals surface area (Å²) >= 11 is 6.08. The van der Waals surface area contributed by atoms with Gasteiger partial charge in [0.25, 0.3) is 5.91 Å². The van der Waals surface area contributed by atoms with Gasteiger partial charge in [-0.15, -0.1) is 10.2 Å². The number of aromatic nitrogens is 12. The summed E-state index contributed by atoms with van der Waals surface area (Å²) < 4.78 is 9.12. The molecule has 2 fully saturated rings. The monoisotopic (exact) mass is 757 g/mol. The van der Waals surface area contributed by atoms with Crippen LogP contribution in [-0.4, -0.2) is 75.1 Å². The molecule has 2 saturated carbocycles. The molecular weight excluding hydrogens is 722 g/mol. The fourth-order valence-electron chi connectivity index (χ4n) is 6.59. The van der Waals surface area contributed by atoms with Crippen LogP contribution < -0.4 is 5.32 Å². The lowest BCUT2D eigenvalue weighted by Crippen LogP contribution is -2.23. The average molecular weight is 758 g/mol. The molecule has 16 nitrogen and oxygen atoms in total. The molecule has 2 atom stereocenters. The summed E-state index contributed by atoms with van der Waals surface area (Å²) in [5, 5.41) is 28.1. The number of carboxylic acid groups (broad SMARTS) is 1. The maximum atomic E-state index is 12.7. The molecule has 2 unspecified atom stereocenters. The van der Waals surface area contributed by atoms with E-state index in [1.54, 1.807) is 23.3 Å². The quantitative estimate of drug-likeness (QED) is 0.174. The van der Waals surface area contributed by atoms with Crippen molar-refractivity contribution in [2.45, 2.75) is 70.0 Å². The Kier molecular flexibility index (Phi) is 8.60. The highest BCUT2D eigenvalue weighted by Gasteiger charge is 2.25. The fraction of sp³-hybridized carbons (Fsp3) is 0.289. The van der Waals surface area contributed by atoms with Gasteiger partial charge in [-0.1, -0.05) is 34.2 Å². The van der Waals surface area contributed by atoms with Crippen LogP contribution in [0.15, 0.2) is 86.1 Å². The summed E-state index contributed by atoms with van der Waals surface area (Å²) in [7, 11) is 0. The summed E-state index contributed by atoms with van der Waals surface area (Å²) in [6.45, 7) is 4.17. The Bertz CT molecular complexity index is 2720. The van der Waals surface area contributed by atoms with Crippen LogP contribution in [0.2, 0.25) is 5.02 Å². The van der Waals surface area contributed by atoms with E-state index in [1.807, 2.05) is 53.4 Å². The van der Waals surface area contributed by atoms with Gasteiger partial charge in [-0.3, -0.25) is 4.79 Å². The zero-order valence-electron chi connectivity index (χ0n) is 29.9. The zero-order valence-corrected chi connectivity index (χ0v) is 30.7. The number of halogens is 1.